The Bertz CT molecular complexity index is 753. The van der Waals surface area contributed by atoms with Crippen LogP contribution in [0, 0.1) is 13.8 Å². The average molecular weight is 264 g/mol. The van der Waals surface area contributed by atoms with Gasteiger partial charge in [0.1, 0.15) is 0 Å². The van der Waals surface area contributed by atoms with Gasteiger partial charge in [-0.05, 0) is 31.0 Å². The molecule has 0 aliphatic carbocycles. The van der Waals surface area contributed by atoms with Crippen LogP contribution in [-0.4, -0.2) is 12.2 Å². The number of rotatable bonds is 3. The van der Waals surface area contributed by atoms with Gasteiger partial charge >= 0.3 is 0 Å². The molecular formula is C16H12N2O2. The van der Waals surface area contributed by atoms with Crippen LogP contribution in [0.3, 0.4) is 0 Å². The van der Waals surface area contributed by atoms with Gasteiger partial charge in [0, 0.05) is 5.56 Å². The number of isocyanates is 2. The van der Waals surface area contributed by atoms with E-state index in [1.165, 1.54) is 6.08 Å². The maximum absolute atomic E-state index is 10.6. The van der Waals surface area contributed by atoms with Gasteiger partial charge in [-0.25, -0.2) is 9.59 Å². The van der Waals surface area contributed by atoms with Crippen LogP contribution in [0.2, 0.25) is 0 Å². The Morgan fingerprint density at radius 1 is 0.950 bits per heavy atom. The minimum Gasteiger partial charge on any atom is -0.211 e. The summed E-state index contributed by atoms with van der Waals surface area (Å²) in [4.78, 5) is 28.7. The van der Waals surface area contributed by atoms with Crippen LogP contribution in [-0.2, 0) is 9.59 Å². The lowest BCUT2D eigenvalue weighted by Crippen LogP contribution is -1.85. The van der Waals surface area contributed by atoms with Gasteiger partial charge in [-0.2, -0.15) is 9.98 Å². The summed E-state index contributed by atoms with van der Waals surface area (Å²) in [7, 11) is 0. The molecule has 0 spiro atoms. The largest absolute Gasteiger partial charge is 0.240 e. The Morgan fingerprint density at radius 2 is 1.70 bits per heavy atom. The average Bonchev–Trinajstić information content (AvgIpc) is 2.43. The summed E-state index contributed by atoms with van der Waals surface area (Å²) in [6.45, 7) is 3.80. The lowest BCUT2D eigenvalue weighted by molar-refractivity contribution is 0.565. The molecule has 0 aliphatic heterocycles. The summed E-state index contributed by atoms with van der Waals surface area (Å²) in [6, 6.07) is 11.2. The molecule has 0 bridgehead atoms. The Balaban J connectivity index is 2.85. The minimum atomic E-state index is 0.435. The first-order chi connectivity index (χ1) is 9.67. The van der Waals surface area contributed by atoms with Gasteiger partial charge in [0.15, 0.2) is 0 Å². The molecular weight excluding hydrogens is 252 g/mol. The van der Waals surface area contributed by atoms with E-state index < -0.39 is 0 Å². The molecule has 0 aromatic heterocycles. The van der Waals surface area contributed by atoms with Gasteiger partial charge in [0.2, 0.25) is 12.2 Å². The van der Waals surface area contributed by atoms with E-state index in [1.54, 1.807) is 18.2 Å². The van der Waals surface area contributed by atoms with Crippen molar-refractivity contribution >= 4 is 23.5 Å². The summed E-state index contributed by atoms with van der Waals surface area (Å²) in [6.07, 6.45) is 3.09. The van der Waals surface area contributed by atoms with Crippen molar-refractivity contribution in [1.82, 2.24) is 0 Å². The lowest BCUT2D eigenvalue weighted by Gasteiger charge is -2.11. The SMILES string of the molecule is Cc1cccc(-c2c(N=C=O)ccc(C)c2N=C=O)c1. The second kappa shape index (κ2) is 5.89. The van der Waals surface area contributed by atoms with E-state index in [0.717, 1.165) is 16.7 Å². The van der Waals surface area contributed by atoms with Gasteiger partial charge in [0.25, 0.3) is 0 Å². The third kappa shape index (κ3) is 2.62. The van der Waals surface area contributed by atoms with Crippen molar-refractivity contribution in [2.45, 2.75) is 13.8 Å². The smallest absolute Gasteiger partial charge is 0.211 e. The normalized spacial score (nSPS) is 9.50. The molecule has 98 valence electrons. The van der Waals surface area contributed by atoms with Crippen LogP contribution in [0.5, 0.6) is 0 Å². The van der Waals surface area contributed by atoms with E-state index in [9.17, 15) is 9.59 Å². The van der Waals surface area contributed by atoms with E-state index in [2.05, 4.69) is 9.98 Å². The molecule has 4 nitrogen and oxygen atoms in total. The van der Waals surface area contributed by atoms with Crippen molar-refractivity contribution in [3.63, 3.8) is 0 Å². The van der Waals surface area contributed by atoms with Crippen molar-refractivity contribution in [2.75, 3.05) is 0 Å². The maximum atomic E-state index is 10.6. The van der Waals surface area contributed by atoms with Crippen LogP contribution in [0.15, 0.2) is 46.4 Å². The molecule has 20 heavy (non-hydrogen) atoms. The molecule has 2 rings (SSSR count). The lowest BCUT2D eigenvalue weighted by atomic mass is 9.97. The fraction of sp³-hybridized carbons (Fsp3) is 0.125. The highest BCUT2D eigenvalue weighted by Crippen LogP contribution is 2.40. The Labute approximate surface area is 116 Å². The highest BCUT2D eigenvalue weighted by molar-refractivity contribution is 5.89. The number of benzene rings is 2. The summed E-state index contributed by atoms with van der Waals surface area (Å²) >= 11 is 0. The van der Waals surface area contributed by atoms with E-state index in [1.807, 2.05) is 38.1 Å². The van der Waals surface area contributed by atoms with Gasteiger partial charge in [0.05, 0.1) is 11.4 Å². The van der Waals surface area contributed by atoms with Crippen LogP contribution < -0.4 is 0 Å². The molecule has 0 saturated heterocycles. The first-order valence-electron chi connectivity index (χ1n) is 6.03. The first kappa shape index (κ1) is 13.6. The van der Waals surface area contributed by atoms with Gasteiger partial charge in [-0.15, -0.1) is 0 Å². The summed E-state index contributed by atoms with van der Waals surface area (Å²) in [5.74, 6) is 0. The Hall–Kier alpha value is -2.80. The molecule has 0 amide bonds. The highest BCUT2D eigenvalue weighted by atomic mass is 16.1. The minimum absolute atomic E-state index is 0.435. The first-order valence-corrected chi connectivity index (χ1v) is 6.03. The third-order valence-electron chi connectivity index (χ3n) is 2.99. The standard InChI is InChI=1S/C16H12N2O2/c1-11-4-3-5-13(8-11)15-14(17-9-19)7-6-12(2)16(15)18-10-20/h3-8H,1-2H3. The zero-order valence-corrected chi connectivity index (χ0v) is 11.2. The summed E-state index contributed by atoms with van der Waals surface area (Å²) in [5, 5.41) is 0. The van der Waals surface area contributed by atoms with Gasteiger partial charge in [-0.1, -0.05) is 35.9 Å². The fourth-order valence-electron chi connectivity index (χ4n) is 2.10. The second-order valence-electron chi connectivity index (χ2n) is 4.40. The third-order valence-corrected chi connectivity index (χ3v) is 2.99. The molecule has 2 aromatic rings. The monoisotopic (exact) mass is 264 g/mol. The molecule has 0 heterocycles. The number of aryl methyl sites for hydroxylation is 2. The van der Waals surface area contributed by atoms with Gasteiger partial charge in [-0.3, -0.25) is 0 Å². The number of hydrogen-bond acceptors (Lipinski definition) is 4. The van der Waals surface area contributed by atoms with Gasteiger partial charge < -0.3 is 0 Å². The number of aliphatic imine (C=N–C) groups is 2. The number of nitrogens with zero attached hydrogens (tertiary/aromatic N) is 2. The van der Waals surface area contributed by atoms with E-state index in [0.29, 0.717) is 16.9 Å². The second-order valence-corrected chi connectivity index (χ2v) is 4.40. The molecule has 0 saturated carbocycles. The summed E-state index contributed by atoms with van der Waals surface area (Å²) < 4.78 is 0. The molecule has 0 N–H and O–H groups in total. The zero-order valence-electron chi connectivity index (χ0n) is 11.2. The van der Waals surface area contributed by atoms with Crippen LogP contribution in [0.25, 0.3) is 11.1 Å². The molecule has 0 aliphatic rings. The van der Waals surface area contributed by atoms with Crippen LogP contribution in [0.1, 0.15) is 11.1 Å². The quantitative estimate of drug-likeness (QED) is 0.623. The predicted octanol–water partition coefficient (Wildman–Crippen LogP) is 3.91. The van der Waals surface area contributed by atoms with Crippen LogP contribution >= 0.6 is 0 Å². The topological polar surface area (TPSA) is 58.9 Å². The van der Waals surface area contributed by atoms with E-state index >= 15 is 0 Å². The molecule has 0 unspecified atom stereocenters. The van der Waals surface area contributed by atoms with Crippen molar-refractivity contribution in [1.29, 1.82) is 0 Å². The highest BCUT2D eigenvalue weighted by Gasteiger charge is 2.13. The zero-order chi connectivity index (χ0) is 14.5. The Kier molecular flexibility index (Phi) is 4.02. The maximum Gasteiger partial charge on any atom is 0.240 e. The number of hydrogen-bond donors (Lipinski definition) is 0. The fourth-order valence-corrected chi connectivity index (χ4v) is 2.10. The van der Waals surface area contributed by atoms with Crippen molar-refractivity contribution in [2.24, 2.45) is 9.98 Å². The molecule has 2 aromatic carbocycles. The molecule has 4 heteroatoms. The van der Waals surface area contributed by atoms with E-state index in [-0.39, 0.29) is 0 Å². The molecule has 0 fully saturated rings. The molecule has 0 atom stereocenters. The van der Waals surface area contributed by atoms with Crippen LogP contribution in [0.4, 0.5) is 11.4 Å². The van der Waals surface area contributed by atoms with E-state index in [4.69, 9.17) is 0 Å². The number of carbonyl (C=O) groups excluding carboxylic acids is 2. The van der Waals surface area contributed by atoms with Crippen molar-refractivity contribution < 1.29 is 9.59 Å². The van der Waals surface area contributed by atoms with Crippen molar-refractivity contribution in [3.8, 4) is 11.1 Å². The van der Waals surface area contributed by atoms with Crippen molar-refractivity contribution in [3.05, 3.63) is 47.5 Å². The summed E-state index contributed by atoms with van der Waals surface area (Å²) in [5.41, 5.74) is 4.27. The Morgan fingerprint density at radius 3 is 2.35 bits per heavy atom. The predicted molar refractivity (Wildman–Crippen MR) is 76.9 cm³/mol. The molecule has 0 radical (unpaired) electrons.